The van der Waals surface area contributed by atoms with Crippen LogP contribution in [0, 0.1) is 3.57 Å². The van der Waals surface area contributed by atoms with E-state index in [1.54, 1.807) is 6.92 Å². The smallest absolute Gasteiger partial charge is 0.0762 e. The number of halogens is 1. The molecule has 0 radical (unpaired) electrons. The van der Waals surface area contributed by atoms with Crippen molar-refractivity contribution < 1.29 is 5.11 Å². The minimum Gasteiger partial charge on any atom is -0.389 e. The van der Waals surface area contributed by atoms with Gasteiger partial charge in [0, 0.05) is 3.57 Å². The minimum atomic E-state index is -0.352. The molecule has 54 valence electrons. The average molecular weight is 248 g/mol. The molecule has 1 N–H and O–H groups in total. The highest BCUT2D eigenvalue weighted by Gasteiger charge is 1.98. The van der Waals surface area contributed by atoms with Crippen molar-refractivity contribution in [3.05, 3.63) is 33.4 Å². The second-order valence-corrected chi connectivity index (χ2v) is 3.48. The Balaban J connectivity index is 2.96. The van der Waals surface area contributed by atoms with E-state index in [0.29, 0.717) is 0 Å². The van der Waals surface area contributed by atoms with Gasteiger partial charge in [-0.25, -0.2) is 0 Å². The maximum absolute atomic E-state index is 9.14. The van der Waals surface area contributed by atoms with Crippen LogP contribution in [0.25, 0.3) is 0 Å². The van der Waals surface area contributed by atoms with Gasteiger partial charge in [-0.15, -0.1) is 0 Å². The monoisotopic (exact) mass is 248 g/mol. The van der Waals surface area contributed by atoms with Crippen molar-refractivity contribution in [3.8, 4) is 0 Å². The molecule has 0 aliphatic rings. The molecule has 0 aromatic heterocycles. The molecule has 0 heterocycles. The van der Waals surface area contributed by atoms with E-state index >= 15 is 0 Å². The van der Waals surface area contributed by atoms with E-state index in [1.165, 1.54) is 0 Å². The molecule has 0 aliphatic carbocycles. The molecule has 0 unspecified atom stereocenters. The lowest BCUT2D eigenvalue weighted by Crippen LogP contribution is -1.89. The van der Waals surface area contributed by atoms with E-state index < -0.39 is 0 Å². The second kappa shape index (κ2) is 3.34. The van der Waals surface area contributed by atoms with Crippen LogP contribution >= 0.6 is 22.6 Å². The van der Waals surface area contributed by atoms with Crippen LogP contribution in [0.1, 0.15) is 18.6 Å². The number of benzene rings is 1. The Kier molecular flexibility index (Phi) is 2.68. The van der Waals surface area contributed by atoms with Crippen LogP contribution in [0.5, 0.6) is 0 Å². The molecule has 0 saturated heterocycles. The van der Waals surface area contributed by atoms with Gasteiger partial charge in [0.05, 0.1) is 6.10 Å². The lowest BCUT2D eigenvalue weighted by atomic mass is 10.1. The Morgan fingerprint density at radius 1 is 1.50 bits per heavy atom. The van der Waals surface area contributed by atoms with Crippen LogP contribution in [0.3, 0.4) is 0 Å². The van der Waals surface area contributed by atoms with Crippen LogP contribution in [0.2, 0.25) is 0 Å². The molecule has 1 atom stereocenters. The van der Waals surface area contributed by atoms with Crippen LogP contribution in [0.15, 0.2) is 24.3 Å². The summed E-state index contributed by atoms with van der Waals surface area (Å²) in [4.78, 5) is 0. The summed E-state index contributed by atoms with van der Waals surface area (Å²) in [6.45, 7) is 1.77. The Morgan fingerprint density at radius 2 is 2.20 bits per heavy atom. The minimum absolute atomic E-state index is 0.352. The molecule has 0 fully saturated rings. The summed E-state index contributed by atoms with van der Waals surface area (Å²) in [7, 11) is 0. The van der Waals surface area contributed by atoms with Crippen molar-refractivity contribution in [2.45, 2.75) is 13.0 Å². The molecule has 10 heavy (non-hydrogen) atoms. The third-order valence-electron chi connectivity index (χ3n) is 1.33. The number of aliphatic hydroxyl groups is 1. The molecule has 0 saturated carbocycles. The third kappa shape index (κ3) is 1.95. The first-order valence-corrected chi connectivity index (χ1v) is 4.21. The molecule has 0 amide bonds. The van der Waals surface area contributed by atoms with Gasteiger partial charge in [0.15, 0.2) is 0 Å². The van der Waals surface area contributed by atoms with Gasteiger partial charge in [-0.05, 0) is 47.2 Å². The summed E-state index contributed by atoms with van der Waals surface area (Å²) in [5.41, 5.74) is 0.979. The zero-order chi connectivity index (χ0) is 7.56. The van der Waals surface area contributed by atoms with E-state index in [2.05, 4.69) is 22.6 Å². The Morgan fingerprint density at radius 3 is 2.60 bits per heavy atom. The molecule has 2 heteroatoms. The highest BCUT2D eigenvalue weighted by Crippen LogP contribution is 2.14. The number of hydrogen-bond donors (Lipinski definition) is 1. The van der Waals surface area contributed by atoms with Crippen molar-refractivity contribution in [1.29, 1.82) is 0 Å². The normalized spacial score (nSPS) is 13.1. The second-order valence-electron chi connectivity index (χ2n) is 2.23. The fourth-order valence-electron chi connectivity index (χ4n) is 0.766. The number of rotatable bonds is 1. The molecular formula is C8H9IO. The molecule has 1 aromatic rings. The molecular weight excluding hydrogens is 239 g/mol. The van der Waals surface area contributed by atoms with Crippen LogP contribution < -0.4 is 0 Å². The maximum Gasteiger partial charge on any atom is 0.0762 e. The average Bonchev–Trinajstić information content (AvgIpc) is 1.88. The van der Waals surface area contributed by atoms with Crippen molar-refractivity contribution in [3.63, 3.8) is 0 Å². The molecule has 0 bridgehead atoms. The zero-order valence-electron chi connectivity index (χ0n) is 5.71. The van der Waals surface area contributed by atoms with Crippen molar-refractivity contribution in [2.24, 2.45) is 0 Å². The highest BCUT2D eigenvalue weighted by atomic mass is 127. The predicted molar refractivity (Wildman–Crippen MR) is 49.8 cm³/mol. The predicted octanol–water partition coefficient (Wildman–Crippen LogP) is 2.34. The van der Waals surface area contributed by atoms with Gasteiger partial charge in [0.1, 0.15) is 0 Å². The van der Waals surface area contributed by atoms with Gasteiger partial charge < -0.3 is 5.11 Å². The first-order chi connectivity index (χ1) is 4.70. The molecule has 1 aromatic carbocycles. The van der Waals surface area contributed by atoms with E-state index in [9.17, 15) is 0 Å². The van der Waals surface area contributed by atoms with E-state index in [0.717, 1.165) is 9.13 Å². The van der Waals surface area contributed by atoms with Crippen LogP contribution in [-0.4, -0.2) is 5.11 Å². The van der Waals surface area contributed by atoms with E-state index in [-0.39, 0.29) is 6.10 Å². The Labute approximate surface area is 74.2 Å². The van der Waals surface area contributed by atoms with Gasteiger partial charge in [-0.1, -0.05) is 12.1 Å². The van der Waals surface area contributed by atoms with Gasteiger partial charge in [-0.3, -0.25) is 0 Å². The SMILES string of the molecule is C[C@H](O)c1cccc(I)c1. The summed E-state index contributed by atoms with van der Waals surface area (Å²) in [5.74, 6) is 0. The van der Waals surface area contributed by atoms with Gasteiger partial charge in [0.25, 0.3) is 0 Å². The Hall–Kier alpha value is -0.0900. The van der Waals surface area contributed by atoms with Gasteiger partial charge in [-0.2, -0.15) is 0 Å². The van der Waals surface area contributed by atoms with Crippen LogP contribution in [-0.2, 0) is 0 Å². The summed E-state index contributed by atoms with van der Waals surface area (Å²) in [6.07, 6.45) is -0.352. The molecule has 0 spiro atoms. The Bertz CT molecular complexity index is 220. The quantitative estimate of drug-likeness (QED) is 0.756. The zero-order valence-corrected chi connectivity index (χ0v) is 7.87. The standard InChI is InChI=1S/C8H9IO/c1-6(10)7-3-2-4-8(9)5-7/h2-6,10H,1H3/t6-/m0/s1. The fourth-order valence-corrected chi connectivity index (χ4v) is 1.33. The highest BCUT2D eigenvalue weighted by molar-refractivity contribution is 14.1. The largest absolute Gasteiger partial charge is 0.389 e. The van der Waals surface area contributed by atoms with Crippen molar-refractivity contribution in [1.82, 2.24) is 0 Å². The summed E-state index contributed by atoms with van der Waals surface area (Å²) in [5, 5.41) is 9.14. The lowest BCUT2D eigenvalue weighted by molar-refractivity contribution is 0.199. The van der Waals surface area contributed by atoms with Gasteiger partial charge in [0.2, 0.25) is 0 Å². The summed E-state index contributed by atoms with van der Waals surface area (Å²) >= 11 is 2.23. The number of hydrogen-bond acceptors (Lipinski definition) is 1. The molecule has 0 aliphatic heterocycles. The van der Waals surface area contributed by atoms with Crippen molar-refractivity contribution in [2.75, 3.05) is 0 Å². The summed E-state index contributed by atoms with van der Waals surface area (Å²) < 4.78 is 1.16. The van der Waals surface area contributed by atoms with E-state index in [1.807, 2.05) is 24.3 Å². The van der Waals surface area contributed by atoms with Gasteiger partial charge >= 0.3 is 0 Å². The van der Waals surface area contributed by atoms with E-state index in [4.69, 9.17) is 5.11 Å². The first-order valence-electron chi connectivity index (χ1n) is 3.13. The molecule has 1 rings (SSSR count). The lowest BCUT2D eigenvalue weighted by Gasteiger charge is -2.02. The summed E-state index contributed by atoms with van der Waals surface area (Å²) in [6, 6.07) is 7.86. The van der Waals surface area contributed by atoms with Crippen molar-refractivity contribution >= 4 is 22.6 Å². The van der Waals surface area contributed by atoms with Crippen LogP contribution in [0.4, 0.5) is 0 Å². The molecule has 1 nitrogen and oxygen atoms in total. The maximum atomic E-state index is 9.14. The fraction of sp³-hybridized carbons (Fsp3) is 0.250. The first kappa shape index (κ1) is 8.01. The topological polar surface area (TPSA) is 20.2 Å². The third-order valence-corrected chi connectivity index (χ3v) is 2.00. The number of aliphatic hydroxyl groups excluding tert-OH is 1.